The SMILES string of the molecule is COC(=O)NC(CS)C(=O)NCC[N+](C)(C)C. The van der Waals surface area contributed by atoms with Gasteiger partial charge in [0.25, 0.3) is 0 Å². The maximum atomic E-state index is 11.7. The molecule has 1 unspecified atom stereocenters. The fourth-order valence-electron chi connectivity index (χ4n) is 1.03. The van der Waals surface area contributed by atoms with E-state index >= 15 is 0 Å². The fraction of sp³-hybridized carbons (Fsp3) is 0.800. The van der Waals surface area contributed by atoms with Gasteiger partial charge in [-0.3, -0.25) is 4.79 Å². The Bertz CT molecular complexity index is 266. The highest BCUT2D eigenvalue weighted by atomic mass is 32.1. The lowest BCUT2D eigenvalue weighted by atomic mass is 10.3. The van der Waals surface area contributed by atoms with E-state index in [0.717, 1.165) is 11.0 Å². The average molecular weight is 264 g/mol. The molecule has 7 heteroatoms. The Hall–Kier alpha value is -0.950. The molecule has 0 saturated heterocycles. The highest BCUT2D eigenvalue weighted by molar-refractivity contribution is 7.80. The van der Waals surface area contributed by atoms with E-state index in [9.17, 15) is 9.59 Å². The molecule has 0 aliphatic rings. The number of quaternary nitrogens is 1. The van der Waals surface area contributed by atoms with Crippen molar-refractivity contribution in [3.63, 3.8) is 0 Å². The second-order valence-corrected chi connectivity index (χ2v) is 5.04. The minimum atomic E-state index is -0.668. The topological polar surface area (TPSA) is 67.4 Å². The highest BCUT2D eigenvalue weighted by Gasteiger charge is 2.19. The monoisotopic (exact) mass is 264 g/mol. The van der Waals surface area contributed by atoms with Crippen molar-refractivity contribution in [3.05, 3.63) is 0 Å². The van der Waals surface area contributed by atoms with Crippen molar-refractivity contribution in [1.29, 1.82) is 0 Å². The minimum Gasteiger partial charge on any atom is -0.453 e. The van der Waals surface area contributed by atoms with Gasteiger partial charge in [-0.2, -0.15) is 12.6 Å². The van der Waals surface area contributed by atoms with Crippen LogP contribution in [0.1, 0.15) is 0 Å². The van der Waals surface area contributed by atoms with Crippen LogP contribution >= 0.6 is 12.6 Å². The number of nitrogens with one attached hydrogen (secondary N) is 2. The normalized spacial score (nSPS) is 12.8. The van der Waals surface area contributed by atoms with Crippen molar-refractivity contribution < 1.29 is 18.8 Å². The van der Waals surface area contributed by atoms with Crippen molar-refractivity contribution in [2.75, 3.05) is 47.1 Å². The smallest absolute Gasteiger partial charge is 0.407 e. The predicted molar refractivity (Wildman–Crippen MR) is 69.1 cm³/mol. The third-order valence-electron chi connectivity index (χ3n) is 2.06. The number of nitrogens with zero attached hydrogens (tertiary/aromatic N) is 1. The average Bonchev–Trinajstić information content (AvgIpc) is 2.23. The van der Waals surface area contributed by atoms with Gasteiger partial charge in [0, 0.05) is 5.75 Å². The van der Waals surface area contributed by atoms with Gasteiger partial charge in [0.2, 0.25) is 5.91 Å². The standard InChI is InChI=1S/C10H21N3O3S/c1-13(2,3)6-5-11-9(14)8(7-17)12-10(15)16-4/h8H,5-7H2,1-4H3,(H2-,11,12,14,15,17)/p+1. The summed E-state index contributed by atoms with van der Waals surface area (Å²) in [6.45, 7) is 1.36. The molecule has 17 heavy (non-hydrogen) atoms. The molecule has 0 saturated carbocycles. The molecule has 0 fully saturated rings. The van der Waals surface area contributed by atoms with Crippen LogP contribution < -0.4 is 10.6 Å². The van der Waals surface area contributed by atoms with E-state index in [4.69, 9.17) is 0 Å². The van der Waals surface area contributed by atoms with Gasteiger partial charge in [0.05, 0.1) is 41.3 Å². The van der Waals surface area contributed by atoms with Crippen LogP contribution in [0, 0.1) is 0 Å². The van der Waals surface area contributed by atoms with Crippen LogP contribution in [-0.4, -0.2) is 69.6 Å². The minimum absolute atomic E-state index is 0.227. The maximum absolute atomic E-state index is 11.7. The molecule has 0 bridgehead atoms. The first-order valence-corrected chi connectivity index (χ1v) is 5.97. The van der Waals surface area contributed by atoms with Crippen LogP contribution in [0.4, 0.5) is 4.79 Å². The molecular weight excluding hydrogens is 242 g/mol. The lowest BCUT2D eigenvalue weighted by Gasteiger charge is -2.24. The van der Waals surface area contributed by atoms with E-state index in [1.165, 1.54) is 7.11 Å². The Kier molecular flexibility index (Phi) is 6.98. The largest absolute Gasteiger partial charge is 0.453 e. The van der Waals surface area contributed by atoms with Gasteiger partial charge in [-0.15, -0.1) is 0 Å². The molecule has 0 radical (unpaired) electrons. The number of hydrogen-bond acceptors (Lipinski definition) is 4. The zero-order chi connectivity index (χ0) is 13.5. The van der Waals surface area contributed by atoms with Crippen LogP contribution in [0.3, 0.4) is 0 Å². The van der Waals surface area contributed by atoms with Crippen LogP contribution in [-0.2, 0) is 9.53 Å². The number of ether oxygens (including phenoxy) is 1. The molecule has 0 rings (SSSR count). The quantitative estimate of drug-likeness (QED) is 0.446. The van der Waals surface area contributed by atoms with Crippen molar-refractivity contribution in [2.45, 2.75) is 6.04 Å². The van der Waals surface area contributed by atoms with E-state index in [-0.39, 0.29) is 11.7 Å². The van der Waals surface area contributed by atoms with E-state index in [2.05, 4.69) is 28.0 Å². The first-order valence-electron chi connectivity index (χ1n) is 5.33. The number of rotatable bonds is 6. The number of amides is 2. The van der Waals surface area contributed by atoms with E-state index in [0.29, 0.717) is 6.54 Å². The highest BCUT2D eigenvalue weighted by Crippen LogP contribution is 1.91. The van der Waals surface area contributed by atoms with Gasteiger partial charge in [-0.05, 0) is 0 Å². The van der Waals surface area contributed by atoms with Gasteiger partial charge >= 0.3 is 6.09 Å². The Morgan fingerprint density at radius 1 is 1.35 bits per heavy atom. The van der Waals surface area contributed by atoms with Gasteiger partial charge in [0.15, 0.2) is 0 Å². The molecule has 0 aromatic carbocycles. The predicted octanol–water partition coefficient (Wildman–Crippen LogP) is -0.537. The summed E-state index contributed by atoms with van der Waals surface area (Å²) in [5.41, 5.74) is 0. The van der Waals surface area contributed by atoms with Crippen LogP contribution in [0.15, 0.2) is 0 Å². The second kappa shape index (κ2) is 7.39. The van der Waals surface area contributed by atoms with E-state index in [1.807, 2.05) is 21.1 Å². The third-order valence-corrected chi connectivity index (χ3v) is 2.42. The van der Waals surface area contributed by atoms with Gasteiger partial charge < -0.3 is 19.9 Å². The lowest BCUT2D eigenvalue weighted by Crippen LogP contribution is -2.50. The molecule has 0 aliphatic heterocycles. The second-order valence-electron chi connectivity index (χ2n) is 4.68. The Balaban J connectivity index is 4.05. The molecular formula is C10H22N3O3S+. The van der Waals surface area contributed by atoms with Crippen molar-refractivity contribution >= 4 is 24.6 Å². The number of methoxy groups -OCH3 is 1. The van der Waals surface area contributed by atoms with Crippen molar-refractivity contribution in [2.24, 2.45) is 0 Å². The van der Waals surface area contributed by atoms with Crippen LogP contribution in [0.25, 0.3) is 0 Å². The number of alkyl carbamates (subject to hydrolysis) is 1. The zero-order valence-corrected chi connectivity index (χ0v) is 11.7. The summed E-state index contributed by atoms with van der Waals surface area (Å²) in [4.78, 5) is 22.6. The first-order chi connectivity index (χ1) is 7.80. The van der Waals surface area contributed by atoms with Crippen molar-refractivity contribution in [3.8, 4) is 0 Å². The molecule has 0 aromatic heterocycles. The maximum Gasteiger partial charge on any atom is 0.407 e. The summed E-state index contributed by atoms with van der Waals surface area (Å²) in [5, 5.41) is 5.16. The van der Waals surface area contributed by atoms with E-state index in [1.54, 1.807) is 0 Å². The van der Waals surface area contributed by atoms with Gasteiger partial charge in [0.1, 0.15) is 6.04 Å². The zero-order valence-electron chi connectivity index (χ0n) is 10.8. The first kappa shape index (κ1) is 16.1. The number of thiol groups is 1. The Labute approximate surface area is 108 Å². The molecule has 6 nitrogen and oxygen atoms in total. The summed E-state index contributed by atoms with van der Waals surface area (Å²) in [6.07, 6.45) is -0.634. The molecule has 100 valence electrons. The summed E-state index contributed by atoms with van der Waals surface area (Å²) >= 11 is 4.01. The molecule has 0 heterocycles. The van der Waals surface area contributed by atoms with Gasteiger partial charge in [-0.1, -0.05) is 0 Å². The number of carbonyl (C=O) groups is 2. The van der Waals surface area contributed by atoms with E-state index < -0.39 is 12.1 Å². The van der Waals surface area contributed by atoms with Crippen LogP contribution in [0.5, 0.6) is 0 Å². The molecule has 0 spiro atoms. The van der Waals surface area contributed by atoms with Gasteiger partial charge in [-0.25, -0.2) is 4.79 Å². The van der Waals surface area contributed by atoms with Crippen molar-refractivity contribution in [1.82, 2.24) is 10.6 Å². The number of hydrogen-bond donors (Lipinski definition) is 3. The lowest BCUT2D eigenvalue weighted by molar-refractivity contribution is -0.869. The molecule has 2 amide bonds. The third kappa shape index (κ3) is 7.87. The summed E-state index contributed by atoms with van der Waals surface area (Å²) in [5.74, 6) is -0.0236. The summed E-state index contributed by atoms with van der Waals surface area (Å²) in [7, 11) is 7.36. The number of likely N-dealkylation sites (N-methyl/N-ethyl adjacent to an activating group) is 1. The Morgan fingerprint density at radius 2 is 1.94 bits per heavy atom. The molecule has 1 atom stereocenters. The fourth-order valence-corrected chi connectivity index (χ4v) is 1.29. The summed E-state index contributed by atoms with van der Waals surface area (Å²) < 4.78 is 5.18. The molecule has 2 N–H and O–H groups in total. The Morgan fingerprint density at radius 3 is 2.35 bits per heavy atom. The molecule has 0 aromatic rings. The van der Waals surface area contributed by atoms with Crippen LogP contribution in [0.2, 0.25) is 0 Å². The summed E-state index contributed by atoms with van der Waals surface area (Å²) in [6, 6.07) is -0.668. The number of carbonyl (C=O) groups excluding carboxylic acids is 2. The molecule has 0 aliphatic carbocycles.